The molecule has 0 aromatic heterocycles. The van der Waals surface area contributed by atoms with Crippen LogP contribution in [0.25, 0.3) is 0 Å². The van der Waals surface area contributed by atoms with Crippen LogP contribution < -0.4 is 4.74 Å². The Morgan fingerprint density at radius 3 is 2.81 bits per heavy atom. The van der Waals surface area contributed by atoms with Gasteiger partial charge in [-0.15, -0.1) is 0 Å². The van der Waals surface area contributed by atoms with Gasteiger partial charge in [-0.2, -0.15) is 0 Å². The van der Waals surface area contributed by atoms with Crippen LogP contribution in [0.15, 0.2) is 18.2 Å². The Kier molecular flexibility index (Phi) is 4.22. The standard InChI is InChI=1S/C16H19FO4/c17-14-9-12(11-18)1-2-15(14)21-13-3-6-20-16(10-13)4-7-19-8-5-16/h1-2,9,11,13H,3-8,10H2. The first-order valence-electron chi connectivity index (χ1n) is 7.34. The van der Waals surface area contributed by atoms with E-state index in [1.165, 1.54) is 12.1 Å². The van der Waals surface area contributed by atoms with E-state index in [2.05, 4.69) is 0 Å². The Morgan fingerprint density at radius 2 is 2.10 bits per heavy atom. The predicted molar refractivity (Wildman–Crippen MR) is 74.2 cm³/mol. The molecule has 0 aliphatic carbocycles. The minimum Gasteiger partial charge on any atom is -0.487 e. The second-order valence-corrected chi connectivity index (χ2v) is 5.68. The van der Waals surface area contributed by atoms with Crippen LogP contribution in [-0.4, -0.2) is 37.8 Å². The summed E-state index contributed by atoms with van der Waals surface area (Å²) in [4.78, 5) is 10.6. The monoisotopic (exact) mass is 294 g/mol. The zero-order valence-corrected chi connectivity index (χ0v) is 11.8. The van der Waals surface area contributed by atoms with Crippen molar-refractivity contribution in [3.05, 3.63) is 29.6 Å². The molecule has 5 heteroatoms. The van der Waals surface area contributed by atoms with Gasteiger partial charge in [0.2, 0.25) is 0 Å². The number of benzene rings is 1. The van der Waals surface area contributed by atoms with E-state index in [1.54, 1.807) is 6.07 Å². The van der Waals surface area contributed by atoms with E-state index in [0.29, 0.717) is 31.7 Å². The number of hydrogen-bond acceptors (Lipinski definition) is 4. The lowest BCUT2D eigenvalue weighted by Gasteiger charge is -2.43. The Morgan fingerprint density at radius 1 is 1.29 bits per heavy atom. The van der Waals surface area contributed by atoms with Gasteiger partial charge in [0.05, 0.1) is 12.2 Å². The molecule has 0 amide bonds. The van der Waals surface area contributed by atoms with Gasteiger partial charge in [-0.05, 0) is 31.0 Å². The first-order valence-corrected chi connectivity index (χ1v) is 7.34. The molecule has 3 rings (SSSR count). The summed E-state index contributed by atoms with van der Waals surface area (Å²) in [7, 11) is 0. The maximum absolute atomic E-state index is 13.9. The maximum Gasteiger partial charge on any atom is 0.165 e. The molecule has 2 aliphatic heterocycles. The van der Waals surface area contributed by atoms with Gasteiger partial charge in [-0.1, -0.05) is 0 Å². The molecule has 2 fully saturated rings. The molecule has 2 aliphatic rings. The Hall–Kier alpha value is -1.46. The average Bonchev–Trinajstić information content (AvgIpc) is 2.50. The van der Waals surface area contributed by atoms with Gasteiger partial charge in [-0.3, -0.25) is 4.79 Å². The highest BCUT2D eigenvalue weighted by Gasteiger charge is 2.40. The highest BCUT2D eigenvalue weighted by Crippen LogP contribution is 2.36. The Bertz CT molecular complexity index is 505. The molecule has 1 spiro atoms. The van der Waals surface area contributed by atoms with Gasteiger partial charge in [0.15, 0.2) is 11.6 Å². The third kappa shape index (κ3) is 3.24. The number of halogens is 1. The van der Waals surface area contributed by atoms with Gasteiger partial charge < -0.3 is 14.2 Å². The van der Waals surface area contributed by atoms with E-state index in [9.17, 15) is 9.18 Å². The van der Waals surface area contributed by atoms with Crippen molar-refractivity contribution >= 4 is 6.29 Å². The van der Waals surface area contributed by atoms with Gasteiger partial charge >= 0.3 is 0 Å². The summed E-state index contributed by atoms with van der Waals surface area (Å²) in [5.41, 5.74) is 0.133. The van der Waals surface area contributed by atoms with E-state index in [1.807, 2.05) is 0 Å². The topological polar surface area (TPSA) is 44.8 Å². The normalized spacial score (nSPS) is 24.7. The van der Waals surface area contributed by atoms with E-state index < -0.39 is 5.82 Å². The highest BCUT2D eigenvalue weighted by molar-refractivity contribution is 5.74. The molecule has 0 N–H and O–H groups in total. The Balaban J connectivity index is 1.68. The summed E-state index contributed by atoms with van der Waals surface area (Å²) < 4.78 is 31.0. The van der Waals surface area contributed by atoms with Crippen molar-refractivity contribution < 1.29 is 23.4 Å². The van der Waals surface area contributed by atoms with Gasteiger partial charge in [0.25, 0.3) is 0 Å². The number of carbonyl (C=O) groups is 1. The molecule has 1 aromatic carbocycles. The number of aldehydes is 1. The minimum absolute atomic E-state index is 0.0616. The highest BCUT2D eigenvalue weighted by atomic mass is 19.1. The SMILES string of the molecule is O=Cc1ccc(OC2CCOC3(CCOCC3)C2)c(F)c1. The zero-order valence-electron chi connectivity index (χ0n) is 11.8. The van der Waals surface area contributed by atoms with Crippen LogP contribution in [0, 0.1) is 5.82 Å². The number of rotatable bonds is 3. The molecule has 2 heterocycles. The van der Waals surface area contributed by atoms with Crippen molar-refractivity contribution in [3.8, 4) is 5.75 Å². The lowest BCUT2D eigenvalue weighted by molar-refractivity contribution is -0.155. The summed E-state index contributed by atoms with van der Waals surface area (Å²) in [5.74, 6) is -0.290. The van der Waals surface area contributed by atoms with E-state index >= 15 is 0 Å². The minimum atomic E-state index is -0.493. The molecule has 114 valence electrons. The lowest BCUT2D eigenvalue weighted by atomic mass is 9.85. The molecule has 1 aromatic rings. The summed E-state index contributed by atoms with van der Waals surface area (Å²) in [6, 6.07) is 4.28. The number of ether oxygens (including phenoxy) is 3. The molecule has 2 saturated heterocycles. The summed E-state index contributed by atoms with van der Waals surface area (Å²) in [6.07, 6.45) is 3.79. The fourth-order valence-corrected chi connectivity index (χ4v) is 3.04. The second kappa shape index (κ2) is 6.12. The van der Waals surface area contributed by atoms with Crippen molar-refractivity contribution in [2.24, 2.45) is 0 Å². The van der Waals surface area contributed by atoms with Crippen LogP contribution in [0.1, 0.15) is 36.0 Å². The van der Waals surface area contributed by atoms with Crippen LogP contribution in [0.4, 0.5) is 4.39 Å². The largest absolute Gasteiger partial charge is 0.487 e. The van der Waals surface area contributed by atoms with Crippen molar-refractivity contribution in [1.82, 2.24) is 0 Å². The summed E-state index contributed by atoms with van der Waals surface area (Å²) in [5, 5.41) is 0. The van der Waals surface area contributed by atoms with Crippen LogP contribution in [0.3, 0.4) is 0 Å². The fraction of sp³-hybridized carbons (Fsp3) is 0.562. The molecular weight excluding hydrogens is 275 g/mol. The molecule has 1 unspecified atom stereocenters. The molecular formula is C16H19FO4. The van der Waals surface area contributed by atoms with E-state index in [4.69, 9.17) is 14.2 Å². The van der Waals surface area contributed by atoms with Crippen molar-refractivity contribution in [2.45, 2.75) is 37.4 Å². The van der Waals surface area contributed by atoms with Crippen LogP contribution >= 0.6 is 0 Å². The smallest absolute Gasteiger partial charge is 0.165 e. The predicted octanol–water partition coefficient (Wildman–Crippen LogP) is 2.75. The van der Waals surface area contributed by atoms with E-state index in [0.717, 1.165) is 25.7 Å². The van der Waals surface area contributed by atoms with Crippen molar-refractivity contribution in [2.75, 3.05) is 19.8 Å². The molecule has 21 heavy (non-hydrogen) atoms. The molecule has 4 nitrogen and oxygen atoms in total. The third-order valence-corrected chi connectivity index (χ3v) is 4.24. The van der Waals surface area contributed by atoms with Crippen LogP contribution in [0.5, 0.6) is 5.75 Å². The number of carbonyl (C=O) groups excluding carboxylic acids is 1. The quantitative estimate of drug-likeness (QED) is 0.804. The number of hydrogen-bond donors (Lipinski definition) is 0. The molecule has 0 bridgehead atoms. The van der Waals surface area contributed by atoms with Crippen LogP contribution in [0.2, 0.25) is 0 Å². The first kappa shape index (κ1) is 14.5. The zero-order chi connectivity index (χ0) is 14.7. The van der Waals surface area contributed by atoms with Crippen molar-refractivity contribution in [3.63, 3.8) is 0 Å². The lowest BCUT2D eigenvalue weighted by Crippen LogP contribution is -2.47. The van der Waals surface area contributed by atoms with Gasteiger partial charge in [-0.25, -0.2) is 4.39 Å². The average molecular weight is 294 g/mol. The molecule has 0 radical (unpaired) electrons. The molecule has 0 saturated carbocycles. The second-order valence-electron chi connectivity index (χ2n) is 5.68. The molecule has 1 atom stereocenters. The van der Waals surface area contributed by atoms with Crippen molar-refractivity contribution in [1.29, 1.82) is 0 Å². The Labute approximate surface area is 123 Å². The van der Waals surface area contributed by atoms with Gasteiger partial charge in [0.1, 0.15) is 12.4 Å². The maximum atomic E-state index is 13.9. The fourth-order valence-electron chi connectivity index (χ4n) is 3.04. The first-order chi connectivity index (χ1) is 10.2. The summed E-state index contributed by atoms with van der Waals surface area (Å²) >= 11 is 0. The van der Waals surface area contributed by atoms with E-state index in [-0.39, 0.29) is 17.5 Å². The third-order valence-electron chi connectivity index (χ3n) is 4.24. The van der Waals surface area contributed by atoms with Crippen LogP contribution in [-0.2, 0) is 9.47 Å². The van der Waals surface area contributed by atoms with Gasteiger partial charge in [0, 0.05) is 31.6 Å². The summed E-state index contributed by atoms with van der Waals surface area (Å²) in [6.45, 7) is 2.03.